The highest BCUT2D eigenvalue weighted by atomic mass is 16.6. The van der Waals surface area contributed by atoms with E-state index in [1.807, 2.05) is 0 Å². The Labute approximate surface area is 148 Å². The van der Waals surface area contributed by atoms with Crippen LogP contribution in [-0.4, -0.2) is 25.3 Å². The Kier molecular flexibility index (Phi) is 4.36. The summed E-state index contributed by atoms with van der Waals surface area (Å²) in [7, 11) is 0. The summed E-state index contributed by atoms with van der Waals surface area (Å²) in [5.41, 5.74) is 1.27. The van der Waals surface area contributed by atoms with Gasteiger partial charge in [-0.2, -0.15) is 0 Å². The maximum absolute atomic E-state index is 10.9. The molecule has 0 aliphatic rings. The second-order valence-corrected chi connectivity index (χ2v) is 5.77. The quantitative estimate of drug-likeness (QED) is 0.323. The third kappa shape index (κ3) is 3.23. The molecule has 3 aromatic carbocycles. The minimum Gasteiger partial charge on any atom is -0.508 e. The topological polar surface area (TPSA) is 124 Å². The summed E-state index contributed by atoms with van der Waals surface area (Å²) in [5.74, 6) is -1.30. The van der Waals surface area contributed by atoms with Gasteiger partial charge in [-0.3, -0.25) is 10.1 Å². The zero-order chi connectivity index (χ0) is 18.8. The lowest BCUT2D eigenvalue weighted by molar-refractivity contribution is -0.384. The molecule has 0 amide bonds. The largest absolute Gasteiger partial charge is 0.508 e. The van der Waals surface area contributed by atoms with Gasteiger partial charge in [0.05, 0.1) is 4.92 Å². The summed E-state index contributed by atoms with van der Waals surface area (Å²) >= 11 is 0. The van der Waals surface area contributed by atoms with Crippen LogP contribution in [0.3, 0.4) is 0 Å². The van der Waals surface area contributed by atoms with E-state index in [1.54, 1.807) is 0 Å². The van der Waals surface area contributed by atoms with Crippen molar-refractivity contribution in [3.8, 4) is 23.0 Å². The third-order valence-corrected chi connectivity index (χ3v) is 4.09. The molecule has 3 aromatic rings. The molecule has 132 valence electrons. The van der Waals surface area contributed by atoms with E-state index in [9.17, 15) is 30.5 Å². The molecule has 0 bridgehead atoms. The molecule has 0 heterocycles. The van der Waals surface area contributed by atoms with Crippen LogP contribution in [0.2, 0.25) is 0 Å². The van der Waals surface area contributed by atoms with E-state index >= 15 is 0 Å². The van der Waals surface area contributed by atoms with E-state index in [2.05, 4.69) is 0 Å². The SMILES string of the molecule is O=[N+]([O-])c1ccc(C(c2ccc(O)cc2O)c2ccc(O)cc2O)cc1. The van der Waals surface area contributed by atoms with Crippen LogP contribution in [0.25, 0.3) is 0 Å². The van der Waals surface area contributed by atoms with E-state index in [-0.39, 0.29) is 28.7 Å². The van der Waals surface area contributed by atoms with Crippen molar-refractivity contribution >= 4 is 5.69 Å². The first-order valence-corrected chi connectivity index (χ1v) is 7.65. The summed E-state index contributed by atoms with van der Waals surface area (Å²) in [6, 6.07) is 13.9. The number of phenolic OH excluding ortho intramolecular Hbond substituents is 4. The first-order valence-electron chi connectivity index (χ1n) is 7.65. The Morgan fingerprint density at radius 2 is 1.19 bits per heavy atom. The van der Waals surface area contributed by atoms with Crippen molar-refractivity contribution < 1.29 is 25.3 Å². The number of hydrogen-bond donors (Lipinski definition) is 4. The molecule has 0 atom stereocenters. The molecule has 0 aliphatic heterocycles. The Morgan fingerprint density at radius 3 is 1.58 bits per heavy atom. The molecule has 0 spiro atoms. The Bertz CT molecular complexity index is 917. The van der Waals surface area contributed by atoms with Crippen LogP contribution < -0.4 is 0 Å². The van der Waals surface area contributed by atoms with Crippen molar-refractivity contribution in [2.24, 2.45) is 0 Å². The van der Waals surface area contributed by atoms with Crippen molar-refractivity contribution in [1.82, 2.24) is 0 Å². The van der Waals surface area contributed by atoms with Crippen molar-refractivity contribution in [2.45, 2.75) is 5.92 Å². The van der Waals surface area contributed by atoms with Gasteiger partial charge in [-0.25, -0.2) is 0 Å². The monoisotopic (exact) mass is 353 g/mol. The smallest absolute Gasteiger partial charge is 0.269 e. The van der Waals surface area contributed by atoms with Crippen molar-refractivity contribution in [3.05, 3.63) is 87.5 Å². The molecule has 26 heavy (non-hydrogen) atoms. The Morgan fingerprint density at radius 1 is 0.731 bits per heavy atom. The molecule has 7 heteroatoms. The molecule has 0 unspecified atom stereocenters. The van der Waals surface area contributed by atoms with Crippen molar-refractivity contribution in [3.63, 3.8) is 0 Å². The Hall–Kier alpha value is -3.74. The number of nitrogens with zero attached hydrogens (tertiary/aromatic N) is 1. The number of phenols is 4. The minimum atomic E-state index is -0.669. The number of rotatable bonds is 4. The van der Waals surface area contributed by atoms with Gasteiger partial charge in [0.25, 0.3) is 5.69 Å². The van der Waals surface area contributed by atoms with Gasteiger partial charge in [0.2, 0.25) is 0 Å². The minimum absolute atomic E-state index is 0.0858. The molecule has 0 aromatic heterocycles. The van der Waals surface area contributed by atoms with Crippen LogP contribution in [0.1, 0.15) is 22.6 Å². The number of non-ortho nitro benzene ring substituents is 1. The van der Waals surface area contributed by atoms with Gasteiger partial charge in [-0.1, -0.05) is 24.3 Å². The van der Waals surface area contributed by atoms with Crippen LogP contribution in [0.15, 0.2) is 60.7 Å². The maximum Gasteiger partial charge on any atom is 0.269 e. The van der Waals surface area contributed by atoms with Crippen LogP contribution in [-0.2, 0) is 0 Å². The van der Waals surface area contributed by atoms with E-state index in [0.29, 0.717) is 16.7 Å². The standard InChI is InChI=1S/C19H15NO6/c21-13-5-7-15(17(23)9-13)19(16-8-6-14(22)10-18(16)24)11-1-3-12(4-2-11)20(25)26/h1-10,19,21-24H. The zero-order valence-corrected chi connectivity index (χ0v) is 13.4. The number of nitro benzene ring substituents is 1. The van der Waals surface area contributed by atoms with Crippen molar-refractivity contribution in [2.75, 3.05) is 0 Å². The molecule has 0 saturated heterocycles. The number of benzene rings is 3. The van der Waals surface area contributed by atoms with Gasteiger partial charge < -0.3 is 20.4 Å². The Balaban J connectivity index is 2.20. The summed E-state index contributed by atoms with van der Waals surface area (Å²) in [5, 5.41) is 50.5. The molecule has 0 saturated carbocycles. The van der Waals surface area contributed by atoms with Gasteiger partial charge in [0, 0.05) is 41.3 Å². The molecule has 0 radical (unpaired) electrons. The van der Waals surface area contributed by atoms with Crippen LogP contribution in [0.5, 0.6) is 23.0 Å². The molecular formula is C19H15NO6. The highest BCUT2D eigenvalue weighted by molar-refractivity contribution is 5.55. The molecular weight excluding hydrogens is 338 g/mol. The molecule has 7 nitrogen and oxygen atoms in total. The van der Waals surface area contributed by atoms with Gasteiger partial charge in [0.15, 0.2) is 0 Å². The van der Waals surface area contributed by atoms with Crippen LogP contribution >= 0.6 is 0 Å². The van der Waals surface area contributed by atoms with E-state index in [1.165, 1.54) is 60.7 Å². The third-order valence-electron chi connectivity index (χ3n) is 4.09. The van der Waals surface area contributed by atoms with Crippen molar-refractivity contribution in [1.29, 1.82) is 0 Å². The van der Waals surface area contributed by atoms with Gasteiger partial charge >= 0.3 is 0 Å². The molecule has 4 N–H and O–H groups in total. The first kappa shape index (κ1) is 17.1. The fraction of sp³-hybridized carbons (Fsp3) is 0.0526. The zero-order valence-electron chi connectivity index (χ0n) is 13.4. The normalized spacial score (nSPS) is 10.8. The summed E-state index contributed by atoms with van der Waals surface area (Å²) in [6.45, 7) is 0. The highest BCUT2D eigenvalue weighted by Gasteiger charge is 2.24. The summed E-state index contributed by atoms with van der Waals surface area (Å²) in [4.78, 5) is 10.4. The van der Waals surface area contributed by atoms with E-state index in [4.69, 9.17) is 0 Å². The lowest BCUT2D eigenvalue weighted by atomic mass is 9.84. The summed E-state index contributed by atoms with van der Waals surface area (Å²) < 4.78 is 0. The predicted molar refractivity (Wildman–Crippen MR) is 93.6 cm³/mol. The molecule has 0 aliphatic carbocycles. The van der Waals surface area contributed by atoms with Gasteiger partial charge in [-0.15, -0.1) is 0 Å². The fourth-order valence-corrected chi connectivity index (χ4v) is 2.87. The maximum atomic E-state index is 10.9. The van der Waals surface area contributed by atoms with Crippen LogP contribution in [0.4, 0.5) is 5.69 Å². The summed E-state index contributed by atoms with van der Waals surface area (Å²) in [6.07, 6.45) is 0. The average molecular weight is 353 g/mol. The second kappa shape index (κ2) is 6.64. The number of hydrogen-bond acceptors (Lipinski definition) is 6. The molecule has 0 fully saturated rings. The number of aromatic hydroxyl groups is 4. The highest BCUT2D eigenvalue weighted by Crippen LogP contribution is 2.42. The fourth-order valence-electron chi connectivity index (χ4n) is 2.87. The lowest BCUT2D eigenvalue weighted by Crippen LogP contribution is -2.04. The van der Waals surface area contributed by atoms with Gasteiger partial charge in [-0.05, 0) is 17.7 Å². The van der Waals surface area contributed by atoms with E-state index < -0.39 is 10.8 Å². The molecule has 3 rings (SSSR count). The van der Waals surface area contributed by atoms with E-state index in [0.717, 1.165) is 0 Å². The van der Waals surface area contributed by atoms with Gasteiger partial charge in [0.1, 0.15) is 23.0 Å². The van der Waals surface area contributed by atoms with Crippen LogP contribution in [0, 0.1) is 10.1 Å². The second-order valence-electron chi connectivity index (χ2n) is 5.77. The first-order chi connectivity index (χ1) is 12.4. The average Bonchev–Trinajstić information content (AvgIpc) is 2.59. The number of nitro groups is 1. The lowest BCUT2D eigenvalue weighted by Gasteiger charge is -2.21. The predicted octanol–water partition coefficient (Wildman–Crippen LogP) is 3.60.